The van der Waals surface area contributed by atoms with E-state index in [4.69, 9.17) is 11.6 Å². The minimum atomic E-state index is -2.83. The Bertz CT molecular complexity index is 459. The molecule has 1 aromatic carbocycles. The van der Waals surface area contributed by atoms with Crippen LogP contribution in [0, 0.1) is 5.92 Å². The van der Waals surface area contributed by atoms with Crippen LogP contribution in [0.3, 0.4) is 0 Å². The summed E-state index contributed by atoms with van der Waals surface area (Å²) in [7, 11) is 1.23. The molecule has 1 aromatic rings. The van der Waals surface area contributed by atoms with E-state index in [1.165, 1.54) is 7.11 Å². The lowest BCUT2D eigenvalue weighted by Gasteiger charge is -2.33. The lowest BCUT2D eigenvalue weighted by Crippen LogP contribution is -2.35. The van der Waals surface area contributed by atoms with Gasteiger partial charge in [0.2, 0.25) is 5.92 Å². The van der Waals surface area contributed by atoms with Crippen molar-refractivity contribution in [1.82, 2.24) is 0 Å². The van der Waals surface area contributed by atoms with E-state index in [0.29, 0.717) is 11.4 Å². The van der Waals surface area contributed by atoms with Gasteiger partial charge in [-0.3, -0.25) is 4.79 Å². The van der Waals surface area contributed by atoms with Gasteiger partial charge in [-0.25, -0.2) is 8.78 Å². The molecule has 0 radical (unpaired) electrons. The Morgan fingerprint density at radius 1 is 1.32 bits per heavy atom. The summed E-state index contributed by atoms with van der Waals surface area (Å²) in [5, 5.41) is 0.566. The van der Waals surface area contributed by atoms with Gasteiger partial charge in [0.25, 0.3) is 0 Å². The summed E-state index contributed by atoms with van der Waals surface area (Å²) in [5.74, 6) is -4.47. The summed E-state index contributed by atoms with van der Waals surface area (Å²) in [5.41, 5.74) is 0.790. The molecule has 0 N–H and O–H groups in total. The number of halogens is 3. The van der Waals surface area contributed by atoms with Crippen molar-refractivity contribution in [1.29, 1.82) is 0 Å². The van der Waals surface area contributed by atoms with E-state index in [-0.39, 0.29) is 12.3 Å². The fourth-order valence-corrected chi connectivity index (χ4v) is 2.78. The Labute approximate surface area is 115 Å². The third-order valence-corrected chi connectivity index (χ3v) is 3.79. The SMILES string of the molecule is COC(=O)C1CC(c2ccc(Cl)cc2)CC(F)(F)C1. The molecule has 0 amide bonds. The molecule has 0 heterocycles. The Kier molecular flexibility index (Phi) is 4.09. The third kappa shape index (κ3) is 3.44. The highest BCUT2D eigenvalue weighted by Gasteiger charge is 2.44. The van der Waals surface area contributed by atoms with E-state index in [1.54, 1.807) is 24.3 Å². The Morgan fingerprint density at radius 2 is 1.95 bits per heavy atom. The summed E-state index contributed by atoms with van der Waals surface area (Å²) in [6, 6.07) is 6.83. The number of rotatable bonds is 2. The van der Waals surface area contributed by atoms with Crippen molar-refractivity contribution >= 4 is 17.6 Å². The first-order valence-corrected chi connectivity index (χ1v) is 6.50. The van der Waals surface area contributed by atoms with E-state index >= 15 is 0 Å². The highest BCUT2D eigenvalue weighted by molar-refractivity contribution is 6.30. The number of carbonyl (C=O) groups excluding carboxylic acids is 1. The van der Waals surface area contributed by atoms with Crippen LogP contribution in [0.15, 0.2) is 24.3 Å². The predicted octanol–water partition coefficient (Wildman–Crippen LogP) is 4.03. The first kappa shape index (κ1) is 14.3. The standard InChI is InChI=1S/C14H15ClF2O2/c1-19-13(18)11-6-10(7-14(16,17)8-11)9-2-4-12(15)5-3-9/h2-5,10-11H,6-8H2,1H3. The van der Waals surface area contributed by atoms with E-state index in [1.807, 2.05) is 0 Å². The molecule has 2 atom stereocenters. The number of hydrogen-bond donors (Lipinski definition) is 0. The summed E-state index contributed by atoms with van der Waals surface area (Å²) >= 11 is 5.79. The average Bonchev–Trinajstić information content (AvgIpc) is 2.36. The minimum Gasteiger partial charge on any atom is -0.469 e. The number of esters is 1. The van der Waals surface area contributed by atoms with Crippen molar-refractivity contribution in [2.24, 2.45) is 5.92 Å². The molecule has 1 saturated carbocycles. The van der Waals surface area contributed by atoms with Gasteiger partial charge in [-0.15, -0.1) is 0 Å². The lowest BCUT2D eigenvalue weighted by atomic mass is 9.76. The number of carbonyl (C=O) groups is 1. The van der Waals surface area contributed by atoms with Crippen LogP contribution < -0.4 is 0 Å². The van der Waals surface area contributed by atoms with Crippen molar-refractivity contribution in [2.75, 3.05) is 7.11 Å². The molecule has 5 heteroatoms. The van der Waals surface area contributed by atoms with Crippen LogP contribution in [0.2, 0.25) is 5.02 Å². The molecule has 0 saturated heterocycles. The zero-order chi connectivity index (χ0) is 14.0. The largest absolute Gasteiger partial charge is 0.469 e. The maximum absolute atomic E-state index is 13.7. The number of methoxy groups -OCH3 is 1. The van der Waals surface area contributed by atoms with Crippen LogP contribution in [0.25, 0.3) is 0 Å². The van der Waals surface area contributed by atoms with Crippen molar-refractivity contribution in [3.05, 3.63) is 34.9 Å². The summed E-state index contributed by atoms with van der Waals surface area (Å²) in [6.45, 7) is 0. The van der Waals surface area contributed by atoms with E-state index in [0.717, 1.165) is 5.56 Å². The van der Waals surface area contributed by atoms with Crippen LogP contribution in [-0.2, 0) is 9.53 Å². The monoisotopic (exact) mass is 288 g/mol. The Balaban J connectivity index is 2.20. The van der Waals surface area contributed by atoms with Gasteiger partial charge in [0.05, 0.1) is 13.0 Å². The van der Waals surface area contributed by atoms with Crippen molar-refractivity contribution in [2.45, 2.75) is 31.1 Å². The number of alkyl halides is 2. The number of hydrogen-bond acceptors (Lipinski definition) is 2. The molecule has 0 spiro atoms. The molecule has 1 aliphatic carbocycles. The number of benzene rings is 1. The summed E-state index contributed by atoms with van der Waals surface area (Å²) in [6.07, 6.45) is -0.268. The molecule has 19 heavy (non-hydrogen) atoms. The second-order valence-electron chi connectivity index (χ2n) is 4.97. The summed E-state index contributed by atoms with van der Waals surface area (Å²) < 4.78 is 32.1. The first-order valence-electron chi connectivity index (χ1n) is 6.12. The van der Waals surface area contributed by atoms with Gasteiger partial charge in [-0.2, -0.15) is 0 Å². The fourth-order valence-electron chi connectivity index (χ4n) is 2.65. The molecule has 0 bridgehead atoms. The van der Waals surface area contributed by atoms with Gasteiger partial charge >= 0.3 is 5.97 Å². The van der Waals surface area contributed by atoms with Crippen LogP contribution in [-0.4, -0.2) is 19.0 Å². The second kappa shape index (κ2) is 5.45. The molecular formula is C14H15ClF2O2. The molecule has 2 unspecified atom stereocenters. The molecule has 1 aliphatic rings. The molecule has 2 nitrogen and oxygen atoms in total. The first-order chi connectivity index (χ1) is 8.91. The van der Waals surface area contributed by atoms with Crippen LogP contribution in [0.4, 0.5) is 8.78 Å². The molecule has 2 rings (SSSR count). The highest BCUT2D eigenvalue weighted by Crippen LogP contribution is 2.45. The predicted molar refractivity (Wildman–Crippen MR) is 68.5 cm³/mol. The van der Waals surface area contributed by atoms with Gasteiger partial charge in [-0.05, 0) is 30.0 Å². The van der Waals surface area contributed by atoms with Crippen molar-refractivity contribution in [3.63, 3.8) is 0 Å². The molecule has 104 valence electrons. The zero-order valence-corrected chi connectivity index (χ0v) is 11.3. The van der Waals surface area contributed by atoms with Crippen molar-refractivity contribution < 1.29 is 18.3 Å². The topological polar surface area (TPSA) is 26.3 Å². The van der Waals surface area contributed by atoms with E-state index in [9.17, 15) is 13.6 Å². The van der Waals surface area contributed by atoms with Crippen LogP contribution >= 0.6 is 11.6 Å². The quantitative estimate of drug-likeness (QED) is 0.768. The van der Waals surface area contributed by atoms with Crippen LogP contribution in [0.1, 0.15) is 30.7 Å². The Morgan fingerprint density at radius 3 is 2.53 bits per heavy atom. The molecule has 0 aliphatic heterocycles. The second-order valence-corrected chi connectivity index (χ2v) is 5.40. The van der Waals surface area contributed by atoms with Gasteiger partial charge < -0.3 is 4.74 Å². The molecular weight excluding hydrogens is 274 g/mol. The smallest absolute Gasteiger partial charge is 0.308 e. The maximum Gasteiger partial charge on any atom is 0.308 e. The molecule has 0 aromatic heterocycles. The third-order valence-electron chi connectivity index (χ3n) is 3.54. The number of ether oxygens (including phenoxy) is 1. The minimum absolute atomic E-state index is 0.234. The van der Waals surface area contributed by atoms with E-state index in [2.05, 4.69) is 4.74 Å². The normalized spacial score (nSPS) is 25.9. The van der Waals surface area contributed by atoms with Crippen molar-refractivity contribution in [3.8, 4) is 0 Å². The zero-order valence-electron chi connectivity index (χ0n) is 10.5. The van der Waals surface area contributed by atoms with Crippen LogP contribution in [0.5, 0.6) is 0 Å². The summed E-state index contributed by atoms with van der Waals surface area (Å²) in [4.78, 5) is 11.5. The molecule has 1 fully saturated rings. The highest BCUT2D eigenvalue weighted by atomic mass is 35.5. The fraction of sp³-hybridized carbons (Fsp3) is 0.500. The maximum atomic E-state index is 13.7. The van der Waals surface area contributed by atoms with Gasteiger partial charge in [0, 0.05) is 17.9 Å². The average molecular weight is 289 g/mol. The van der Waals surface area contributed by atoms with Gasteiger partial charge in [0.15, 0.2) is 0 Å². The van der Waals surface area contributed by atoms with E-state index < -0.39 is 24.2 Å². The van der Waals surface area contributed by atoms with Gasteiger partial charge in [-0.1, -0.05) is 23.7 Å². The lowest BCUT2D eigenvalue weighted by molar-refractivity contribution is -0.153. The van der Waals surface area contributed by atoms with Gasteiger partial charge in [0.1, 0.15) is 0 Å². The Hall–Kier alpha value is -1.16.